The van der Waals surface area contributed by atoms with Gasteiger partial charge in [-0.1, -0.05) is 15.9 Å². The van der Waals surface area contributed by atoms with Gasteiger partial charge in [0.25, 0.3) is 5.91 Å². The second-order valence-corrected chi connectivity index (χ2v) is 5.12. The van der Waals surface area contributed by atoms with E-state index < -0.39 is 6.10 Å². The molecule has 1 unspecified atom stereocenters. The molecular weight excluding hydrogens is 284 g/mol. The van der Waals surface area contributed by atoms with Crippen LogP contribution >= 0.6 is 15.9 Å². The van der Waals surface area contributed by atoms with Crippen LogP contribution in [0.2, 0.25) is 0 Å². The molecular formula is C12H17BrN2O2. The molecule has 0 aromatic heterocycles. The average molecular weight is 301 g/mol. The van der Waals surface area contributed by atoms with Crippen LogP contribution in [0, 0.1) is 6.92 Å². The monoisotopic (exact) mass is 300 g/mol. The number of nitrogens with two attached hydrogens (primary N) is 1. The molecule has 1 atom stereocenters. The van der Waals surface area contributed by atoms with E-state index in [2.05, 4.69) is 15.9 Å². The van der Waals surface area contributed by atoms with Crippen LogP contribution in [-0.4, -0.2) is 35.6 Å². The lowest BCUT2D eigenvalue weighted by Crippen LogP contribution is -2.33. The molecule has 0 saturated heterocycles. The van der Waals surface area contributed by atoms with Crippen molar-refractivity contribution in [3.05, 3.63) is 27.7 Å². The van der Waals surface area contributed by atoms with Crippen molar-refractivity contribution in [3.8, 4) is 0 Å². The van der Waals surface area contributed by atoms with Gasteiger partial charge in [-0.25, -0.2) is 0 Å². The Labute approximate surface area is 110 Å². The van der Waals surface area contributed by atoms with Gasteiger partial charge in [0.05, 0.1) is 6.10 Å². The van der Waals surface area contributed by atoms with E-state index in [1.807, 2.05) is 6.92 Å². The van der Waals surface area contributed by atoms with Crippen molar-refractivity contribution in [1.82, 2.24) is 4.90 Å². The standard InChI is InChI=1S/C12H17BrN2O2/c1-7(16)6-15(3)12(17)10-4-9(13)5-11(14)8(10)2/h4-5,7,16H,6,14H2,1-3H3. The zero-order valence-corrected chi connectivity index (χ0v) is 11.8. The van der Waals surface area contributed by atoms with Crippen molar-refractivity contribution in [2.75, 3.05) is 19.3 Å². The van der Waals surface area contributed by atoms with Gasteiger partial charge in [0, 0.05) is 29.3 Å². The number of carbonyl (C=O) groups excluding carboxylic acids is 1. The largest absolute Gasteiger partial charge is 0.398 e. The lowest BCUT2D eigenvalue weighted by atomic mass is 10.1. The molecule has 17 heavy (non-hydrogen) atoms. The average Bonchev–Trinajstić information content (AvgIpc) is 2.21. The molecule has 1 rings (SSSR count). The predicted octanol–water partition coefficient (Wildman–Crippen LogP) is 1.79. The molecule has 1 amide bonds. The number of hydrogen-bond donors (Lipinski definition) is 2. The molecule has 1 aromatic carbocycles. The lowest BCUT2D eigenvalue weighted by molar-refractivity contribution is 0.0703. The highest BCUT2D eigenvalue weighted by molar-refractivity contribution is 9.10. The number of nitrogens with zero attached hydrogens (tertiary/aromatic N) is 1. The van der Waals surface area contributed by atoms with E-state index in [-0.39, 0.29) is 5.91 Å². The summed E-state index contributed by atoms with van der Waals surface area (Å²) in [5, 5.41) is 9.27. The van der Waals surface area contributed by atoms with E-state index in [1.165, 1.54) is 4.90 Å². The third-order valence-corrected chi connectivity index (χ3v) is 2.99. The third-order valence-electron chi connectivity index (χ3n) is 2.53. The first-order valence-corrected chi connectivity index (χ1v) is 6.11. The number of likely N-dealkylation sites (N-methyl/N-ethyl adjacent to an activating group) is 1. The summed E-state index contributed by atoms with van der Waals surface area (Å²) in [5.41, 5.74) is 7.70. The number of halogens is 1. The van der Waals surface area contributed by atoms with Crippen LogP contribution in [0.1, 0.15) is 22.8 Å². The van der Waals surface area contributed by atoms with E-state index in [4.69, 9.17) is 5.73 Å². The second-order valence-electron chi connectivity index (χ2n) is 4.20. The van der Waals surface area contributed by atoms with Crippen molar-refractivity contribution < 1.29 is 9.90 Å². The summed E-state index contributed by atoms with van der Waals surface area (Å²) in [4.78, 5) is 13.6. The Morgan fingerprint density at radius 3 is 2.71 bits per heavy atom. The molecule has 4 nitrogen and oxygen atoms in total. The van der Waals surface area contributed by atoms with Crippen LogP contribution in [-0.2, 0) is 0 Å². The molecule has 0 heterocycles. The van der Waals surface area contributed by atoms with E-state index in [0.29, 0.717) is 17.8 Å². The van der Waals surface area contributed by atoms with E-state index in [1.54, 1.807) is 26.1 Å². The molecule has 0 fully saturated rings. The highest BCUT2D eigenvalue weighted by Gasteiger charge is 2.17. The first kappa shape index (κ1) is 14.0. The Kier molecular flexibility index (Phi) is 4.54. The molecule has 1 aromatic rings. The molecule has 0 radical (unpaired) electrons. The minimum atomic E-state index is -0.547. The van der Waals surface area contributed by atoms with Crippen molar-refractivity contribution in [2.45, 2.75) is 20.0 Å². The molecule has 0 aliphatic carbocycles. The quantitative estimate of drug-likeness (QED) is 0.837. The van der Waals surface area contributed by atoms with Crippen molar-refractivity contribution in [3.63, 3.8) is 0 Å². The lowest BCUT2D eigenvalue weighted by Gasteiger charge is -2.20. The highest BCUT2D eigenvalue weighted by Crippen LogP contribution is 2.23. The maximum absolute atomic E-state index is 12.1. The highest BCUT2D eigenvalue weighted by atomic mass is 79.9. The van der Waals surface area contributed by atoms with Gasteiger partial charge in [0.2, 0.25) is 0 Å². The topological polar surface area (TPSA) is 66.6 Å². The van der Waals surface area contributed by atoms with Gasteiger partial charge in [-0.15, -0.1) is 0 Å². The van der Waals surface area contributed by atoms with E-state index in [9.17, 15) is 9.90 Å². The minimum Gasteiger partial charge on any atom is -0.398 e. The van der Waals surface area contributed by atoms with Crippen LogP contribution in [0.4, 0.5) is 5.69 Å². The van der Waals surface area contributed by atoms with Gasteiger partial charge in [-0.3, -0.25) is 4.79 Å². The third kappa shape index (κ3) is 3.44. The summed E-state index contributed by atoms with van der Waals surface area (Å²) in [6.07, 6.45) is -0.547. The summed E-state index contributed by atoms with van der Waals surface area (Å²) >= 11 is 3.32. The maximum Gasteiger partial charge on any atom is 0.254 e. The number of aliphatic hydroxyl groups excluding tert-OH is 1. The Hall–Kier alpha value is -1.07. The number of aliphatic hydroxyl groups is 1. The molecule has 0 aliphatic heterocycles. The number of benzene rings is 1. The Bertz CT molecular complexity index is 433. The molecule has 5 heteroatoms. The zero-order valence-electron chi connectivity index (χ0n) is 10.2. The molecule has 0 spiro atoms. The van der Waals surface area contributed by atoms with Crippen LogP contribution in [0.3, 0.4) is 0 Å². The first-order valence-electron chi connectivity index (χ1n) is 5.32. The van der Waals surface area contributed by atoms with Crippen molar-refractivity contribution in [1.29, 1.82) is 0 Å². The van der Waals surface area contributed by atoms with E-state index >= 15 is 0 Å². The van der Waals surface area contributed by atoms with Gasteiger partial charge in [-0.05, 0) is 31.5 Å². The van der Waals surface area contributed by atoms with Crippen LogP contribution in [0.15, 0.2) is 16.6 Å². The van der Waals surface area contributed by atoms with Gasteiger partial charge in [-0.2, -0.15) is 0 Å². The fourth-order valence-electron chi connectivity index (χ4n) is 1.61. The van der Waals surface area contributed by atoms with Gasteiger partial charge < -0.3 is 15.7 Å². The molecule has 0 bridgehead atoms. The second kappa shape index (κ2) is 5.51. The number of carbonyl (C=O) groups is 1. The van der Waals surface area contributed by atoms with Gasteiger partial charge in [0.15, 0.2) is 0 Å². The summed E-state index contributed by atoms with van der Waals surface area (Å²) in [6, 6.07) is 3.51. The summed E-state index contributed by atoms with van der Waals surface area (Å²) in [6.45, 7) is 3.75. The number of anilines is 1. The minimum absolute atomic E-state index is 0.142. The Balaban J connectivity index is 3.04. The van der Waals surface area contributed by atoms with Crippen LogP contribution in [0.5, 0.6) is 0 Å². The molecule has 3 N–H and O–H groups in total. The summed E-state index contributed by atoms with van der Waals surface area (Å²) < 4.78 is 0.773. The summed E-state index contributed by atoms with van der Waals surface area (Å²) in [5.74, 6) is -0.142. The maximum atomic E-state index is 12.1. The van der Waals surface area contributed by atoms with Gasteiger partial charge in [0.1, 0.15) is 0 Å². The van der Waals surface area contributed by atoms with Crippen molar-refractivity contribution >= 4 is 27.5 Å². The van der Waals surface area contributed by atoms with Crippen molar-refractivity contribution in [2.24, 2.45) is 0 Å². The fraction of sp³-hybridized carbons (Fsp3) is 0.417. The smallest absolute Gasteiger partial charge is 0.254 e. The molecule has 94 valence electrons. The number of hydrogen-bond acceptors (Lipinski definition) is 3. The number of nitrogen functional groups attached to an aromatic ring is 1. The van der Waals surface area contributed by atoms with Crippen LogP contribution < -0.4 is 5.73 Å². The predicted molar refractivity (Wildman–Crippen MR) is 71.9 cm³/mol. The Morgan fingerprint density at radius 1 is 1.59 bits per heavy atom. The molecule has 0 aliphatic rings. The van der Waals surface area contributed by atoms with Gasteiger partial charge >= 0.3 is 0 Å². The summed E-state index contributed by atoms with van der Waals surface area (Å²) in [7, 11) is 1.66. The normalized spacial score (nSPS) is 12.3. The molecule has 0 saturated carbocycles. The zero-order chi connectivity index (χ0) is 13.2. The number of rotatable bonds is 3. The Morgan fingerprint density at radius 2 is 2.18 bits per heavy atom. The van der Waals surface area contributed by atoms with Crippen LogP contribution in [0.25, 0.3) is 0 Å². The first-order chi connectivity index (χ1) is 7.82. The number of amides is 1. The van der Waals surface area contributed by atoms with E-state index in [0.717, 1.165) is 10.0 Å². The fourth-order valence-corrected chi connectivity index (χ4v) is 2.08. The SMILES string of the molecule is Cc1c(N)cc(Br)cc1C(=O)N(C)CC(C)O.